The van der Waals surface area contributed by atoms with Gasteiger partial charge in [-0.25, -0.2) is 0 Å². The van der Waals surface area contributed by atoms with Gasteiger partial charge in [-0.05, 0) is 31.7 Å². The number of carbonyl (C=O) groups is 1. The summed E-state index contributed by atoms with van der Waals surface area (Å²) in [6.45, 7) is 8.26. The van der Waals surface area contributed by atoms with Crippen LogP contribution in [-0.4, -0.2) is 29.1 Å². The van der Waals surface area contributed by atoms with Gasteiger partial charge in [-0.2, -0.15) is 4.98 Å². The molecule has 0 fully saturated rings. The molecule has 1 atom stereocenters. The number of amides is 1. The minimum atomic E-state index is -0.384. The van der Waals surface area contributed by atoms with Crippen LogP contribution in [0, 0.1) is 5.41 Å². The quantitative estimate of drug-likeness (QED) is 0.851. The highest BCUT2D eigenvalue weighted by molar-refractivity contribution is 5.81. The van der Waals surface area contributed by atoms with Gasteiger partial charge in [0.1, 0.15) is 0 Å². The minimum absolute atomic E-state index is 0.0340. The van der Waals surface area contributed by atoms with Gasteiger partial charge in [-0.1, -0.05) is 38.1 Å². The Balaban J connectivity index is 1.98. The summed E-state index contributed by atoms with van der Waals surface area (Å²) in [6, 6.07) is 8.06. The van der Waals surface area contributed by atoms with E-state index in [1.165, 1.54) is 0 Å². The largest absolute Gasteiger partial charge is 0.352 e. The molecule has 0 aliphatic rings. The molecular weight excluding hydrogens is 304 g/mol. The van der Waals surface area contributed by atoms with Crippen LogP contribution in [0.25, 0.3) is 11.5 Å². The van der Waals surface area contributed by atoms with E-state index in [4.69, 9.17) is 4.52 Å². The number of carbonyl (C=O) groups excluding carboxylic acids is 1. The molecule has 2 aromatic rings. The Morgan fingerprint density at radius 1 is 1.25 bits per heavy atom. The normalized spacial score (nSPS) is 12.9. The van der Waals surface area contributed by atoms with Gasteiger partial charge >= 0.3 is 0 Å². The molecule has 0 aliphatic heterocycles. The SMILES string of the molecule is CNC(C)Cc1noc(-c2ccc(CNC(=O)C(C)(C)C)cc2)n1. The van der Waals surface area contributed by atoms with E-state index in [1.807, 2.05) is 52.1 Å². The molecule has 2 N–H and O–H groups in total. The minimum Gasteiger partial charge on any atom is -0.352 e. The third kappa shape index (κ3) is 4.89. The fourth-order valence-corrected chi connectivity index (χ4v) is 2.04. The van der Waals surface area contributed by atoms with E-state index in [1.54, 1.807) is 0 Å². The summed E-state index contributed by atoms with van der Waals surface area (Å²) in [7, 11) is 1.91. The molecular formula is C18H26N4O2. The maximum atomic E-state index is 11.9. The summed E-state index contributed by atoms with van der Waals surface area (Å²) in [5.41, 5.74) is 1.52. The van der Waals surface area contributed by atoms with Crippen molar-refractivity contribution in [2.24, 2.45) is 5.41 Å². The number of hydrogen-bond acceptors (Lipinski definition) is 5. The van der Waals surface area contributed by atoms with E-state index >= 15 is 0 Å². The molecule has 2 rings (SSSR count). The number of rotatable bonds is 6. The van der Waals surface area contributed by atoms with Gasteiger partial charge in [0.2, 0.25) is 5.91 Å². The van der Waals surface area contributed by atoms with E-state index in [-0.39, 0.29) is 11.3 Å². The van der Waals surface area contributed by atoms with Crippen LogP contribution in [-0.2, 0) is 17.8 Å². The van der Waals surface area contributed by atoms with E-state index in [0.717, 1.165) is 17.5 Å². The topological polar surface area (TPSA) is 80.0 Å². The summed E-state index contributed by atoms with van der Waals surface area (Å²) >= 11 is 0. The molecule has 0 bridgehead atoms. The summed E-state index contributed by atoms with van der Waals surface area (Å²) in [6.07, 6.45) is 0.719. The molecule has 1 unspecified atom stereocenters. The first-order valence-corrected chi connectivity index (χ1v) is 8.17. The predicted octanol–water partition coefficient (Wildman–Crippen LogP) is 2.55. The van der Waals surface area contributed by atoms with Gasteiger partial charge in [0.05, 0.1) is 0 Å². The maximum absolute atomic E-state index is 11.9. The molecule has 1 amide bonds. The highest BCUT2D eigenvalue weighted by atomic mass is 16.5. The summed E-state index contributed by atoms with van der Waals surface area (Å²) in [5, 5.41) is 10.1. The number of aromatic nitrogens is 2. The molecule has 0 radical (unpaired) electrons. The summed E-state index contributed by atoms with van der Waals surface area (Å²) in [5.74, 6) is 1.23. The number of likely N-dealkylation sites (N-methyl/N-ethyl adjacent to an activating group) is 1. The van der Waals surface area contributed by atoms with Crippen LogP contribution >= 0.6 is 0 Å². The second kappa shape index (κ2) is 7.57. The first-order chi connectivity index (χ1) is 11.3. The zero-order chi connectivity index (χ0) is 17.7. The third-order valence-corrected chi connectivity index (χ3v) is 3.78. The van der Waals surface area contributed by atoms with E-state index in [0.29, 0.717) is 24.3 Å². The van der Waals surface area contributed by atoms with Crippen LogP contribution in [0.5, 0.6) is 0 Å². The Morgan fingerprint density at radius 2 is 1.92 bits per heavy atom. The number of benzene rings is 1. The molecule has 1 aromatic carbocycles. The van der Waals surface area contributed by atoms with E-state index < -0.39 is 0 Å². The fourth-order valence-electron chi connectivity index (χ4n) is 2.04. The molecule has 1 heterocycles. The summed E-state index contributed by atoms with van der Waals surface area (Å²) < 4.78 is 5.32. The monoisotopic (exact) mass is 330 g/mol. The van der Waals surface area contributed by atoms with Crippen LogP contribution in [0.2, 0.25) is 0 Å². The standard InChI is InChI=1S/C18H26N4O2/c1-12(19-5)10-15-21-16(24-22-15)14-8-6-13(7-9-14)11-20-17(23)18(2,3)4/h6-9,12,19H,10-11H2,1-5H3,(H,20,23). The second-order valence-electron chi connectivity index (χ2n) is 7.04. The van der Waals surface area contributed by atoms with Crippen LogP contribution < -0.4 is 10.6 Å². The molecule has 0 saturated heterocycles. The van der Waals surface area contributed by atoms with Crippen molar-refractivity contribution in [1.29, 1.82) is 0 Å². The van der Waals surface area contributed by atoms with Gasteiger partial charge < -0.3 is 15.2 Å². The maximum Gasteiger partial charge on any atom is 0.257 e. The number of nitrogens with one attached hydrogen (secondary N) is 2. The molecule has 6 nitrogen and oxygen atoms in total. The van der Waals surface area contributed by atoms with Crippen LogP contribution in [0.15, 0.2) is 28.8 Å². The smallest absolute Gasteiger partial charge is 0.257 e. The number of hydrogen-bond donors (Lipinski definition) is 2. The van der Waals surface area contributed by atoms with Gasteiger partial charge in [0.15, 0.2) is 5.82 Å². The van der Waals surface area contributed by atoms with Gasteiger partial charge in [-0.3, -0.25) is 4.79 Å². The van der Waals surface area contributed by atoms with E-state index in [2.05, 4.69) is 27.7 Å². The van der Waals surface area contributed by atoms with Gasteiger partial charge in [0.25, 0.3) is 5.89 Å². The Bertz CT molecular complexity index is 671. The van der Waals surface area contributed by atoms with Crippen molar-refractivity contribution in [3.05, 3.63) is 35.7 Å². The Labute approximate surface area is 143 Å². The molecule has 6 heteroatoms. The average Bonchev–Trinajstić information content (AvgIpc) is 3.00. The highest BCUT2D eigenvalue weighted by Crippen LogP contribution is 2.19. The Morgan fingerprint density at radius 3 is 2.50 bits per heavy atom. The molecule has 0 spiro atoms. The van der Waals surface area contributed by atoms with Crippen molar-refractivity contribution in [2.45, 2.75) is 46.7 Å². The molecule has 130 valence electrons. The highest BCUT2D eigenvalue weighted by Gasteiger charge is 2.20. The van der Waals surface area contributed by atoms with Gasteiger partial charge in [-0.15, -0.1) is 0 Å². The lowest BCUT2D eigenvalue weighted by Gasteiger charge is -2.17. The van der Waals surface area contributed by atoms with Crippen molar-refractivity contribution in [1.82, 2.24) is 20.8 Å². The molecule has 1 aromatic heterocycles. The summed E-state index contributed by atoms with van der Waals surface area (Å²) in [4.78, 5) is 16.3. The van der Waals surface area contributed by atoms with E-state index in [9.17, 15) is 4.79 Å². The average molecular weight is 330 g/mol. The fraction of sp³-hybridized carbons (Fsp3) is 0.500. The molecule has 0 aliphatic carbocycles. The van der Waals surface area contributed by atoms with Crippen LogP contribution in [0.3, 0.4) is 0 Å². The predicted molar refractivity (Wildman–Crippen MR) is 93.3 cm³/mol. The molecule has 24 heavy (non-hydrogen) atoms. The Kier molecular flexibility index (Phi) is 5.72. The third-order valence-electron chi connectivity index (χ3n) is 3.78. The van der Waals surface area contributed by atoms with Crippen molar-refractivity contribution in [3.8, 4) is 11.5 Å². The van der Waals surface area contributed by atoms with Crippen molar-refractivity contribution in [2.75, 3.05) is 7.05 Å². The van der Waals surface area contributed by atoms with Crippen LogP contribution in [0.1, 0.15) is 39.1 Å². The van der Waals surface area contributed by atoms with Crippen molar-refractivity contribution in [3.63, 3.8) is 0 Å². The molecule has 0 saturated carbocycles. The zero-order valence-corrected chi connectivity index (χ0v) is 15.0. The first-order valence-electron chi connectivity index (χ1n) is 8.17. The second-order valence-corrected chi connectivity index (χ2v) is 7.04. The van der Waals surface area contributed by atoms with Crippen LogP contribution in [0.4, 0.5) is 0 Å². The lowest BCUT2D eigenvalue weighted by atomic mass is 9.95. The first kappa shape index (κ1) is 18.1. The van der Waals surface area contributed by atoms with Crippen molar-refractivity contribution < 1.29 is 9.32 Å². The lowest BCUT2D eigenvalue weighted by molar-refractivity contribution is -0.128. The lowest BCUT2D eigenvalue weighted by Crippen LogP contribution is -2.34. The zero-order valence-electron chi connectivity index (χ0n) is 15.0. The Hall–Kier alpha value is -2.21. The van der Waals surface area contributed by atoms with Gasteiger partial charge in [0, 0.05) is 30.0 Å². The van der Waals surface area contributed by atoms with Crippen molar-refractivity contribution >= 4 is 5.91 Å². The number of nitrogens with zero attached hydrogens (tertiary/aromatic N) is 2.